The summed E-state index contributed by atoms with van der Waals surface area (Å²) >= 11 is 0. The molecule has 2 N–H and O–H groups in total. The van der Waals surface area contributed by atoms with E-state index in [1.807, 2.05) is 20.8 Å². The number of hydrogen-bond acceptors (Lipinski definition) is 6. The molecule has 0 bridgehead atoms. The van der Waals surface area contributed by atoms with Crippen molar-refractivity contribution in [1.82, 2.24) is 15.5 Å². The molecular weight excluding hydrogens is 426 g/mol. The second kappa shape index (κ2) is 12.7. The van der Waals surface area contributed by atoms with Crippen LogP contribution in [-0.4, -0.2) is 56.2 Å². The van der Waals surface area contributed by atoms with Gasteiger partial charge in [0.1, 0.15) is 0 Å². The number of benzene rings is 1. The van der Waals surface area contributed by atoms with Crippen LogP contribution in [0.15, 0.2) is 29.5 Å². The minimum Gasteiger partial charge on any atom is -0.493 e. The molecule has 0 fully saturated rings. The van der Waals surface area contributed by atoms with Crippen molar-refractivity contribution in [3.8, 4) is 11.5 Å². The summed E-state index contributed by atoms with van der Waals surface area (Å²) < 4.78 is 16.5. The first-order valence-corrected chi connectivity index (χ1v) is 11.5. The molecule has 9 heteroatoms. The van der Waals surface area contributed by atoms with Gasteiger partial charge >= 0.3 is 12.0 Å². The Bertz CT molecular complexity index is 877. The molecule has 2 rings (SSSR count). The third-order valence-electron chi connectivity index (χ3n) is 5.21. The van der Waals surface area contributed by atoms with Gasteiger partial charge in [-0.3, -0.25) is 4.79 Å². The number of hydrogen-bond donors (Lipinski definition) is 2. The Morgan fingerprint density at radius 3 is 2.33 bits per heavy atom. The third kappa shape index (κ3) is 6.63. The topological polar surface area (TPSA) is 106 Å². The van der Waals surface area contributed by atoms with E-state index >= 15 is 0 Å². The van der Waals surface area contributed by atoms with Crippen LogP contribution in [0.5, 0.6) is 11.5 Å². The molecule has 1 unspecified atom stereocenters. The van der Waals surface area contributed by atoms with Gasteiger partial charge in [0.15, 0.2) is 18.1 Å². The zero-order chi connectivity index (χ0) is 24.4. The van der Waals surface area contributed by atoms with E-state index < -0.39 is 18.0 Å². The Kier molecular flexibility index (Phi) is 10.0. The largest absolute Gasteiger partial charge is 0.493 e. The number of carbonyl (C=O) groups excluding carboxylic acids is 3. The Morgan fingerprint density at radius 2 is 1.76 bits per heavy atom. The van der Waals surface area contributed by atoms with Gasteiger partial charge in [-0.15, -0.1) is 0 Å². The van der Waals surface area contributed by atoms with Gasteiger partial charge in [-0.1, -0.05) is 26.8 Å². The Hall–Kier alpha value is -3.23. The molecule has 3 amide bonds. The number of amides is 3. The highest BCUT2D eigenvalue weighted by Crippen LogP contribution is 2.35. The number of urea groups is 1. The van der Waals surface area contributed by atoms with Crippen LogP contribution in [0.2, 0.25) is 0 Å². The molecule has 0 aromatic heterocycles. The Balaban J connectivity index is 2.29. The van der Waals surface area contributed by atoms with Gasteiger partial charge in [-0.05, 0) is 43.9 Å². The van der Waals surface area contributed by atoms with E-state index in [0.29, 0.717) is 47.8 Å². The summed E-state index contributed by atoms with van der Waals surface area (Å²) in [5.74, 6) is 0.214. The Labute approximate surface area is 195 Å². The molecule has 0 spiro atoms. The first-order valence-electron chi connectivity index (χ1n) is 11.5. The number of allylic oxidation sites excluding steroid dienone is 1. The average molecular weight is 462 g/mol. The van der Waals surface area contributed by atoms with Crippen molar-refractivity contribution in [3.63, 3.8) is 0 Å². The lowest BCUT2D eigenvalue weighted by atomic mass is 9.94. The smallest absolute Gasteiger partial charge is 0.338 e. The molecule has 1 heterocycles. The van der Waals surface area contributed by atoms with Crippen molar-refractivity contribution in [2.45, 2.75) is 53.0 Å². The van der Waals surface area contributed by atoms with E-state index in [9.17, 15) is 14.4 Å². The normalized spacial score (nSPS) is 15.4. The van der Waals surface area contributed by atoms with E-state index in [0.717, 1.165) is 12.8 Å². The maximum absolute atomic E-state index is 12.7. The van der Waals surface area contributed by atoms with Crippen molar-refractivity contribution >= 4 is 17.9 Å². The quantitative estimate of drug-likeness (QED) is 0.463. The van der Waals surface area contributed by atoms with Crippen LogP contribution in [0.25, 0.3) is 0 Å². The summed E-state index contributed by atoms with van der Waals surface area (Å²) in [4.78, 5) is 39.2. The van der Waals surface area contributed by atoms with Gasteiger partial charge in [0.25, 0.3) is 5.91 Å². The number of carbonyl (C=O) groups is 3. The Morgan fingerprint density at radius 1 is 1.06 bits per heavy atom. The lowest BCUT2D eigenvalue weighted by Gasteiger charge is -2.29. The summed E-state index contributed by atoms with van der Waals surface area (Å²) in [7, 11) is 1.49. The molecule has 182 valence electrons. The second-order valence-electron chi connectivity index (χ2n) is 7.58. The minimum atomic E-state index is -0.707. The van der Waals surface area contributed by atoms with Crippen LogP contribution in [0.3, 0.4) is 0 Å². The summed E-state index contributed by atoms with van der Waals surface area (Å²) in [5.41, 5.74) is 1.49. The molecule has 1 aliphatic heterocycles. The number of methoxy groups -OCH3 is 1. The highest BCUT2D eigenvalue weighted by atomic mass is 16.5. The van der Waals surface area contributed by atoms with Gasteiger partial charge in [0.05, 0.1) is 25.3 Å². The van der Waals surface area contributed by atoms with E-state index in [4.69, 9.17) is 14.2 Å². The maximum Gasteiger partial charge on any atom is 0.338 e. The highest BCUT2D eigenvalue weighted by molar-refractivity contribution is 5.95. The number of ether oxygens (including phenoxy) is 3. The summed E-state index contributed by atoms with van der Waals surface area (Å²) in [5, 5.41) is 5.47. The monoisotopic (exact) mass is 461 g/mol. The minimum absolute atomic E-state index is 0.0874. The zero-order valence-corrected chi connectivity index (χ0v) is 20.2. The zero-order valence-electron chi connectivity index (χ0n) is 20.2. The molecule has 1 aromatic rings. The molecule has 0 radical (unpaired) electrons. The number of rotatable bonds is 12. The SMILES string of the molecule is CCCN(CCC)C(=O)COc1ccc(C2NC(=O)NC(CC)=C2C(=O)OCC)cc1OC. The molecule has 0 aliphatic carbocycles. The van der Waals surface area contributed by atoms with E-state index in [1.165, 1.54) is 7.11 Å². The predicted molar refractivity (Wildman–Crippen MR) is 124 cm³/mol. The van der Waals surface area contributed by atoms with Crippen LogP contribution >= 0.6 is 0 Å². The van der Waals surface area contributed by atoms with Gasteiger partial charge in [-0.25, -0.2) is 9.59 Å². The van der Waals surface area contributed by atoms with Gasteiger partial charge in [0, 0.05) is 18.8 Å². The van der Waals surface area contributed by atoms with Gasteiger partial charge < -0.3 is 29.7 Å². The van der Waals surface area contributed by atoms with Crippen molar-refractivity contribution in [3.05, 3.63) is 35.0 Å². The summed E-state index contributed by atoms with van der Waals surface area (Å²) in [6.45, 7) is 9.13. The van der Waals surface area contributed by atoms with Crippen molar-refractivity contribution < 1.29 is 28.6 Å². The standard InChI is InChI=1S/C24H35N3O6/c1-6-12-27(13-7-2)20(28)15-33-18-11-10-16(14-19(18)31-5)22-21(23(29)32-9-4)17(8-3)25-24(30)26-22/h10-11,14,22H,6-9,12-13,15H2,1-5H3,(H2,25,26,30). The lowest BCUT2D eigenvalue weighted by molar-refractivity contribution is -0.139. The highest BCUT2D eigenvalue weighted by Gasteiger charge is 2.33. The molecule has 9 nitrogen and oxygen atoms in total. The molecule has 1 aliphatic rings. The lowest BCUT2D eigenvalue weighted by Crippen LogP contribution is -2.45. The van der Waals surface area contributed by atoms with Crippen molar-refractivity contribution in [1.29, 1.82) is 0 Å². The van der Waals surface area contributed by atoms with Crippen LogP contribution in [0.1, 0.15) is 58.6 Å². The summed E-state index contributed by atoms with van der Waals surface area (Å²) in [6, 6.07) is 4.00. The number of nitrogens with zero attached hydrogens (tertiary/aromatic N) is 1. The van der Waals surface area contributed by atoms with Gasteiger partial charge in [-0.2, -0.15) is 0 Å². The van der Waals surface area contributed by atoms with Crippen molar-refractivity contribution in [2.75, 3.05) is 33.4 Å². The van der Waals surface area contributed by atoms with E-state index in [2.05, 4.69) is 10.6 Å². The van der Waals surface area contributed by atoms with E-state index in [1.54, 1.807) is 30.0 Å². The average Bonchev–Trinajstić information content (AvgIpc) is 2.81. The van der Waals surface area contributed by atoms with Crippen LogP contribution in [0, 0.1) is 0 Å². The molecule has 1 atom stereocenters. The molecule has 33 heavy (non-hydrogen) atoms. The first-order chi connectivity index (χ1) is 15.9. The van der Waals surface area contributed by atoms with E-state index in [-0.39, 0.29) is 19.1 Å². The molecule has 0 saturated heterocycles. The van der Waals surface area contributed by atoms with Crippen molar-refractivity contribution in [2.24, 2.45) is 0 Å². The first kappa shape index (κ1) is 26.0. The van der Waals surface area contributed by atoms with Crippen LogP contribution < -0.4 is 20.1 Å². The van der Waals surface area contributed by atoms with Gasteiger partial charge in [0.2, 0.25) is 0 Å². The summed E-state index contributed by atoms with van der Waals surface area (Å²) in [6.07, 6.45) is 2.22. The second-order valence-corrected chi connectivity index (χ2v) is 7.58. The number of nitrogens with one attached hydrogen (secondary N) is 2. The fourth-order valence-electron chi connectivity index (χ4n) is 3.71. The fourth-order valence-corrected chi connectivity index (χ4v) is 3.71. The molecule has 0 saturated carbocycles. The van der Waals surface area contributed by atoms with Crippen LogP contribution in [0.4, 0.5) is 4.79 Å². The maximum atomic E-state index is 12.7. The number of esters is 1. The van der Waals surface area contributed by atoms with Crippen LogP contribution in [-0.2, 0) is 14.3 Å². The molecular formula is C24H35N3O6. The fraction of sp³-hybridized carbons (Fsp3) is 0.542. The third-order valence-corrected chi connectivity index (χ3v) is 5.21. The predicted octanol–water partition coefficient (Wildman–Crippen LogP) is 3.30. The molecule has 1 aromatic carbocycles.